The van der Waals surface area contributed by atoms with Crippen molar-refractivity contribution in [2.24, 2.45) is 0 Å². The minimum atomic E-state index is -2.79. The van der Waals surface area contributed by atoms with Crippen LogP contribution < -0.4 is 5.32 Å². The summed E-state index contributed by atoms with van der Waals surface area (Å²) in [5.41, 5.74) is -0.0619. The first kappa shape index (κ1) is 8.01. The van der Waals surface area contributed by atoms with Gasteiger partial charge in [0.25, 0.3) is 0 Å². The third kappa shape index (κ3) is 1.95. The Labute approximate surface area is 61.7 Å². The third-order valence-electron chi connectivity index (χ3n) is 1.92. The number of nitrogens with one attached hydrogen (secondary N) is 1. The average molecular weight is 163 g/mol. The van der Waals surface area contributed by atoms with E-state index in [0.717, 1.165) is 12.8 Å². The van der Waals surface area contributed by atoms with Crippen molar-refractivity contribution in [3.05, 3.63) is 0 Å². The lowest BCUT2D eigenvalue weighted by molar-refractivity contribution is 0.564. The van der Waals surface area contributed by atoms with Gasteiger partial charge in [0, 0.05) is 11.8 Å². The van der Waals surface area contributed by atoms with Gasteiger partial charge in [-0.25, -0.2) is 8.42 Å². The van der Waals surface area contributed by atoms with Crippen LogP contribution >= 0.6 is 0 Å². The summed E-state index contributed by atoms with van der Waals surface area (Å²) >= 11 is 0. The van der Waals surface area contributed by atoms with Gasteiger partial charge in [-0.2, -0.15) is 0 Å². The topological polar surface area (TPSA) is 46.2 Å². The first-order valence-corrected chi connectivity index (χ1v) is 5.40. The summed E-state index contributed by atoms with van der Waals surface area (Å²) in [6.07, 6.45) is 3.28. The van der Waals surface area contributed by atoms with Crippen molar-refractivity contribution in [2.45, 2.75) is 18.4 Å². The molecule has 0 amide bonds. The smallest absolute Gasteiger partial charge is 0.149 e. The van der Waals surface area contributed by atoms with Crippen molar-refractivity contribution in [3.63, 3.8) is 0 Å². The van der Waals surface area contributed by atoms with Crippen LogP contribution in [0.4, 0.5) is 0 Å². The summed E-state index contributed by atoms with van der Waals surface area (Å²) in [7, 11) is -0.976. The van der Waals surface area contributed by atoms with E-state index in [1.54, 1.807) is 0 Å². The van der Waals surface area contributed by atoms with E-state index in [-0.39, 0.29) is 11.3 Å². The molecular formula is C6H13NO2S. The third-order valence-corrected chi connectivity index (χ3v) is 3.00. The lowest BCUT2D eigenvalue weighted by Crippen LogP contribution is -2.34. The molecule has 0 saturated heterocycles. The van der Waals surface area contributed by atoms with Crippen LogP contribution in [0.1, 0.15) is 12.8 Å². The highest BCUT2D eigenvalue weighted by Crippen LogP contribution is 2.35. The van der Waals surface area contributed by atoms with Gasteiger partial charge in [-0.3, -0.25) is 0 Å². The zero-order valence-electron chi connectivity index (χ0n) is 6.35. The molecule has 0 aromatic rings. The van der Waals surface area contributed by atoms with Crippen LogP contribution in [0.2, 0.25) is 0 Å². The molecular weight excluding hydrogens is 150 g/mol. The molecule has 0 unspecified atom stereocenters. The molecule has 1 fully saturated rings. The van der Waals surface area contributed by atoms with Gasteiger partial charge in [0.15, 0.2) is 0 Å². The Hall–Kier alpha value is -0.0900. The summed E-state index contributed by atoms with van der Waals surface area (Å²) in [5, 5.41) is 3.03. The van der Waals surface area contributed by atoms with E-state index in [0.29, 0.717) is 0 Å². The molecule has 1 rings (SSSR count). The maximum Gasteiger partial charge on any atom is 0.149 e. The zero-order valence-corrected chi connectivity index (χ0v) is 7.16. The fraction of sp³-hybridized carbons (Fsp3) is 1.00. The predicted octanol–water partition coefficient (Wildman–Crippen LogP) is -0.217. The molecule has 0 aromatic carbocycles. The SMILES string of the molecule is CNC1(CS(C)(=O)=O)CC1. The van der Waals surface area contributed by atoms with Crippen molar-refractivity contribution in [1.82, 2.24) is 5.32 Å². The normalized spacial score (nSPS) is 22.6. The first-order valence-electron chi connectivity index (χ1n) is 3.34. The number of hydrogen-bond donors (Lipinski definition) is 1. The highest BCUT2D eigenvalue weighted by Gasteiger charge is 2.43. The van der Waals surface area contributed by atoms with Crippen LogP contribution in [-0.2, 0) is 9.84 Å². The van der Waals surface area contributed by atoms with Crippen LogP contribution in [-0.4, -0.2) is 33.0 Å². The van der Waals surface area contributed by atoms with E-state index >= 15 is 0 Å². The molecule has 4 heteroatoms. The Kier molecular flexibility index (Phi) is 1.76. The summed E-state index contributed by atoms with van der Waals surface area (Å²) in [4.78, 5) is 0. The van der Waals surface area contributed by atoms with Gasteiger partial charge in [-0.15, -0.1) is 0 Å². The lowest BCUT2D eigenvalue weighted by atomic mass is 10.3. The largest absolute Gasteiger partial charge is 0.313 e. The first-order chi connectivity index (χ1) is 4.47. The quantitative estimate of drug-likeness (QED) is 0.626. The van der Waals surface area contributed by atoms with Crippen molar-refractivity contribution in [3.8, 4) is 0 Å². The molecule has 0 atom stereocenters. The predicted molar refractivity (Wildman–Crippen MR) is 40.7 cm³/mol. The molecule has 3 nitrogen and oxygen atoms in total. The molecule has 10 heavy (non-hydrogen) atoms. The molecule has 0 aromatic heterocycles. The Bertz CT molecular complexity index is 216. The molecule has 1 N–H and O–H groups in total. The van der Waals surface area contributed by atoms with E-state index < -0.39 is 9.84 Å². The van der Waals surface area contributed by atoms with E-state index in [2.05, 4.69) is 5.32 Å². The number of sulfone groups is 1. The molecule has 1 aliphatic carbocycles. The van der Waals surface area contributed by atoms with E-state index in [1.807, 2.05) is 7.05 Å². The molecule has 1 saturated carbocycles. The van der Waals surface area contributed by atoms with Gasteiger partial charge in [-0.1, -0.05) is 0 Å². The molecule has 1 aliphatic rings. The van der Waals surface area contributed by atoms with Crippen molar-refractivity contribution in [2.75, 3.05) is 19.1 Å². The maximum atomic E-state index is 10.8. The molecule has 0 bridgehead atoms. The van der Waals surface area contributed by atoms with Gasteiger partial charge >= 0.3 is 0 Å². The Morgan fingerprint density at radius 2 is 2.00 bits per heavy atom. The second-order valence-electron chi connectivity index (χ2n) is 3.10. The fourth-order valence-corrected chi connectivity index (χ4v) is 2.56. The highest BCUT2D eigenvalue weighted by molar-refractivity contribution is 7.90. The summed E-state index contributed by atoms with van der Waals surface area (Å²) in [5.74, 6) is 0.288. The minimum absolute atomic E-state index is 0.0619. The second kappa shape index (κ2) is 2.20. The van der Waals surface area contributed by atoms with Crippen LogP contribution in [0.25, 0.3) is 0 Å². The Morgan fingerprint density at radius 3 is 2.10 bits per heavy atom. The van der Waals surface area contributed by atoms with Crippen molar-refractivity contribution in [1.29, 1.82) is 0 Å². The average Bonchev–Trinajstić information content (AvgIpc) is 2.45. The van der Waals surface area contributed by atoms with Crippen LogP contribution in [0.3, 0.4) is 0 Å². The van der Waals surface area contributed by atoms with E-state index in [9.17, 15) is 8.42 Å². The van der Waals surface area contributed by atoms with Crippen molar-refractivity contribution >= 4 is 9.84 Å². The van der Waals surface area contributed by atoms with Gasteiger partial charge in [0.2, 0.25) is 0 Å². The van der Waals surface area contributed by atoms with E-state index in [4.69, 9.17) is 0 Å². The van der Waals surface area contributed by atoms with Gasteiger partial charge in [0.05, 0.1) is 5.75 Å². The summed E-state index contributed by atoms with van der Waals surface area (Å²) < 4.78 is 21.6. The van der Waals surface area contributed by atoms with Gasteiger partial charge < -0.3 is 5.32 Å². The highest BCUT2D eigenvalue weighted by atomic mass is 32.2. The van der Waals surface area contributed by atoms with Crippen LogP contribution in [0.5, 0.6) is 0 Å². The zero-order chi connectivity index (χ0) is 7.83. The number of rotatable bonds is 3. The standard InChI is InChI=1S/C6H13NO2S/c1-7-6(3-4-6)5-10(2,8)9/h7H,3-5H2,1-2H3. The van der Waals surface area contributed by atoms with Crippen LogP contribution in [0.15, 0.2) is 0 Å². The van der Waals surface area contributed by atoms with Crippen LogP contribution in [0, 0.1) is 0 Å². The van der Waals surface area contributed by atoms with Gasteiger partial charge in [-0.05, 0) is 19.9 Å². The Balaban J connectivity index is 2.54. The van der Waals surface area contributed by atoms with E-state index in [1.165, 1.54) is 6.26 Å². The molecule has 0 heterocycles. The fourth-order valence-electron chi connectivity index (χ4n) is 1.12. The van der Waals surface area contributed by atoms with Crippen molar-refractivity contribution < 1.29 is 8.42 Å². The molecule has 0 aliphatic heterocycles. The monoisotopic (exact) mass is 163 g/mol. The lowest BCUT2D eigenvalue weighted by Gasteiger charge is -2.10. The minimum Gasteiger partial charge on any atom is -0.313 e. The maximum absolute atomic E-state index is 10.8. The molecule has 0 spiro atoms. The second-order valence-corrected chi connectivity index (χ2v) is 5.24. The van der Waals surface area contributed by atoms with Gasteiger partial charge in [0.1, 0.15) is 9.84 Å². The molecule has 0 radical (unpaired) electrons. The Morgan fingerprint density at radius 1 is 1.50 bits per heavy atom. The number of hydrogen-bond acceptors (Lipinski definition) is 3. The summed E-state index contributed by atoms with van der Waals surface area (Å²) in [6.45, 7) is 0. The summed E-state index contributed by atoms with van der Waals surface area (Å²) in [6, 6.07) is 0. The molecule has 60 valence electrons.